The van der Waals surface area contributed by atoms with Crippen molar-refractivity contribution in [2.75, 3.05) is 27.4 Å². The Kier molecular flexibility index (Phi) is 6.55. The fourth-order valence-corrected chi connectivity index (χ4v) is 2.98. The van der Waals surface area contributed by atoms with Crippen molar-refractivity contribution in [2.45, 2.75) is 13.1 Å². The zero-order chi connectivity index (χ0) is 23.0. The summed E-state index contributed by atoms with van der Waals surface area (Å²) >= 11 is 0. The van der Waals surface area contributed by atoms with Crippen LogP contribution in [0.5, 0.6) is 0 Å². The lowest BCUT2D eigenvalue weighted by Crippen LogP contribution is -2.13. The molecule has 0 radical (unpaired) electrons. The SMILES string of the molecule is Nc1nc(NCc2ccc(C(=O)Nc3ccccc3N)cc2)nc(NCc2ccccn2)n1. The first kappa shape index (κ1) is 21.5. The van der Waals surface area contributed by atoms with Crippen molar-refractivity contribution in [1.82, 2.24) is 19.9 Å². The van der Waals surface area contributed by atoms with Crippen LogP contribution in [0, 0.1) is 0 Å². The minimum absolute atomic E-state index is 0.100. The second-order valence-electron chi connectivity index (χ2n) is 7.11. The second kappa shape index (κ2) is 10.1. The summed E-state index contributed by atoms with van der Waals surface area (Å²) in [5.74, 6) is 0.555. The first-order valence-electron chi connectivity index (χ1n) is 10.2. The number of pyridine rings is 1. The number of amides is 1. The van der Waals surface area contributed by atoms with Crippen molar-refractivity contribution in [3.05, 3.63) is 89.7 Å². The molecule has 2 aromatic carbocycles. The summed E-state index contributed by atoms with van der Waals surface area (Å²) in [6.07, 6.45) is 1.72. The number of hydrogen-bond donors (Lipinski definition) is 5. The number of anilines is 5. The van der Waals surface area contributed by atoms with Crippen LogP contribution in [0.25, 0.3) is 0 Å². The lowest BCUT2D eigenvalue weighted by molar-refractivity contribution is 0.102. The van der Waals surface area contributed by atoms with E-state index < -0.39 is 0 Å². The highest BCUT2D eigenvalue weighted by atomic mass is 16.1. The number of rotatable bonds is 8. The quantitative estimate of drug-likeness (QED) is 0.259. The van der Waals surface area contributed by atoms with E-state index >= 15 is 0 Å². The third-order valence-corrected chi connectivity index (χ3v) is 4.68. The molecular formula is C23H23N9O. The molecule has 7 N–H and O–H groups in total. The summed E-state index contributed by atoms with van der Waals surface area (Å²) in [5, 5.41) is 9.02. The standard InChI is InChI=1S/C23H23N9O/c24-18-6-1-2-7-19(18)29-20(33)16-10-8-15(9-11-16)13-27-22-30-21(25)31-23(32-22)28-14-17-5-3-4-12-26-17/h1-12H,13-14,24H2,(H,29,33)(H4,25,27,28,30,31,32). The Bertz CT molecular complexity index is 1230. The summed E-state index contributed by atoms with van der Waals surface area (Å²) < 4.78 is 0. The van der Waals surface area contributed by atoms with Gasteiger partial charge in [0.1, 0.15) is 0 Å². The molecule has 0 aliphatic rings. The van der Waals surface area contributed by atoms with Gasteiger partial charge >= 0.3 is 0 Å². The van der Waals surface area contributed by atoms with Gasteiger partial charge in [0.15, 0.2) is 0 Å². The molecule has 0 aliphatic carbocycles. The van der Waals surface area contributed by atoms with Crippen LogP contribution in [-0.2, 0) is 13.1 Å². The van der Waals surface area contributed by atoms with Crippen molar-refractivity contribution in [1.29, 1.82) is 0 Å². The maximum absolute atomic E-state index is 12.5. The number of aromatic nitrogens is 4. The fourth-order valence-electron chi connectivity index (χ4n) is 2.98. The van der Waals surface area contributed by atoms with E-state index in [1.54, 1.807) is 30.5 Å². The molecule has 1 amide bonds. The number of nitrogens with zero attached hydrogens (tertiary/aromatic N) is 4. The van der Waals surface area contributed by atoms with Crippen LogP contribution in [0.15, 0.2) is 72.9 Å². The lowest BCUT2D eigenvalue weighted by Gasteiger charge is -2.10. The van der Waals surface area contributed by atoms with Crippen molar-refractivity contribution in [3.8, 4) is 0 Å². The Balaban J connectivity index is 1.34. The monoisotopic (exact) mass is 441 g/mol. The van der Waals surface area contributed by atoms with Gasteiger partial charge in [0, 0.05) is 18.3 Å². The van der Waals surface area contributed by atoms with Crippen molar-refractivity contribution < 1.29 is 4.79 Å². The molecule has 0 atom stereocenters. The largest absolute Gasteiger partial charge is 0.397 e. The van der Waals surface area contributed by atoms with Gasteiger partial charge in [-0.1, -0.05) is 30.3 Å². The van der Waals surface area contributed by atoms with Gasteiger partial charge in [-0.25, -0.2) is 0 Å². The molecule has 0 unspecified atom stereocenters. The van der Waals surface area contributed by atoms with Gasteiger partial charge in [0.2, 0.25) is 17.8 Å². The maximum atomic E-state index is 12.5. The van der Waals surface area contributed by atoms with Crippen molar-refractivity contribution in [2.24, 2.45) is 0 Å². The molecule has 10 nitrogen and oxygen atoms in total. The highest BCUT2D eigenvalue weighted by Crippen LogP contribution is 2.18. The normalized spacial score (nSPS) is 10.4. The molecule has 0 saturated heterocycles. The molecule has 0 saturated carbocycles. The third kappa shape index (κ3) is 5.91. The number of para-hydroxylation sites is 2. The Labute approximate surface area is 190 Å². The number of hydrogen-bond acceptors (Lipinski definition) is 9. The number of nitrogen functional groups attached to an aromatic ring is 2. The fraction of sp³-hybridized carbons (Fsp3) is 0.0870. The molecule has 2 aromatic heterocycles. The predicted octanol–water partition coefficient (Wildman–Crippen LogP) is 2.91. The highest BCUT2D eigenvalue weighted by molar-refractivity contribution is 6.05. The molecule has 4 rings (SSSR count). The Hall–Kier alpha value is -4.73. The molecular weight excluding hydrogens is 418 g/mol. The summed E-state index contributed by atoms with van der Waals surface area (Å²) in [6, 6.07) is 20.0. The van der Waals surface area contributed by atoms with Gasteiger partial charge in [0.05, 0.1) is 23.6 Å². The van der Waals surface area contributed by atoms with Crippen LogP contribution < -0.4 is 27.4 Å². The van der Waals surface area contributed by atoms with E-state index in [4.69, 9.17) is 11.5 Å². The smallest absolute Gasteiger partial charge is 0.255 e. The van der Waals surface area contributed by atoms with Gasteiger partial charge in [-0.05, 0) is 42.0 Å². The van der Waals surface area contributed by atoms with E-state index in [0.29, 0.717) is 41.9 Å². The number of carbonyl (C=O) groups excluding carboxylic acids is 1. The van der Waals surface area contributed by atoms with Crippen LogP contribution in [0.4, 0.5) is 29.2 Å². The first-order chi connectivity index (χ1) is 16.1. The zero-order valence-electron chi connectivity index (χ0n) is 17.7. The Morgan fingerprint density at radius 1 is 0.788 bits per heavy atom. The van der Waals surface area contributed by atoms with Gasteiger partial charge in [-0.15, -0.1) is 0 Å². The minimum Gasteiger partial charge on any atom is -0.397 e. The number of nitrogens with one attached hydrogen (secondary N) is 3. The second-order valence-corrected chi connectivity index (χ2v) is 7.11. The topological polar surface area (TPSA) is 157 Å². The molecule has 0 bridgehead atoms. The van der Waals surface area contributed by atoms with Crippen LogP contribution in [0.1, 0.15) is 21.6 Å². The number of nitrogens with two attached hydrogens (primary N) is 2. The number of carbonyl (C=O) groups is 1. The zero-order valence-corrected chi connectivity index (χ0v) is 17.7. The van der Waals surface area contributed by atoms with Gasteiger partial charge in [-0.2, -0.15) is 15.0 Å². The summed E-state index contributed by atoms with van der Waals surface area (Å²) in [4.78, 5) is 29.3. The first-order valence-corrected chi connectivity index (χ1v) is 10.2. The highest BCUT2D eigenvalue weighted by Gasteiger charge is 2.09. The van der Waals surface area contributed by atoms with Gasteiger partial charge in [-0.3, -0.25) is 9.78 Å². The van der Waals surface area contributed by atoms with Crippen molar-refractivity contribution in [3.63, 3.8) is 0 Å². The van der Waals surface area contributed by atoms with E-state index in [2.05, 4.69) is 35.9 Å². The van der Waals surface area contributed by atoms with E-state index in [1.165, 1.54) is 0 Å². The average molecular weight is 441 g/mol. The number of benzene rings is 2. The van der Waals surface area contributed by atoms with E-state index in [0.717, 1.165) is 11.3 Å². The Morgan fingerprint density at radius 2 is 1.48 bits per heavy atom. The molecule has 2 heterocycles. The maximum Gasteiger partial charge on any atom is 0.255 e. The van der Waals surface area contributed by atoms with E-state index in [-0.39, 0.29) is 11.9 Å². The van der Waals surface area contributed by atoms with Crippen LogP contribution in [-0.4, -0.2) is 25.8 Å². The Morgan fingerprint density at radius 3 is 2.18 bits per heavy atom. The average Bonchev–Trinajstić information content (AvgIpc) is 2.83. The van der Waals surface area contributed by atoms with E-state index in [1.807, 2.05) is 42.5 Å². The molecule has 10 heteroatoms. The van der Waals surface area contributed by atoms with E-state index in [9.17, 15) is 4.79 Å². The van der Waals surface area contributed by atoms with Gasteiger partial charge < -0.3 is 27.4 Å². The minimum atomic E-state index is -0.235. The molecule has 0 fully saturated rings. The lowest BCUT2D eigenvalue weighted by atomic mass is 10.1. The van der Waals surface area contributed by atoms with Crippen molar-refractivity contribution >= 4 is 35.1 Å². The molecule has 33 heavy (non-hydrogen) atoms. The van der Waals surface area contributed by atoms with Crippen LogP contribution in [0.2, 0.25) is 0 Å². The third-order valence-electron chi connectivity index (χ3n) is 4.68. The summed E-state index contributed by atoms with van der Waals surface area (Å²) in [6.45, 7) is 0.901. The summed E-state index contributed by atoms with van der Waals surface area (Å²) in [5.41, 5.74) is 15.1. The van der Waals surface area contributed by atoms with Crippen LogP contribution >= 0.6 is 0 Å². The molecule has 4 aromatic rings. The van der Waals surface area contributed by atoms with Crippen LogP contribution in [0.3, 0.4) is 0 Å². The predicted molar refractivity (Wildman–Crippen MR) is 128 cm³/mol. The molecule has 0 aliphatic heterocycles. The molecule has 166 valence electrons. The summed E-state index contributed by atoms with van der Waals surface area (Å²) in [7, 11) is 0. The molecule has 0 spiro atoms. The van der Waals surface area contributed by atoms with Gasteiger partial charge in [0.25, 0.3) is 5.91 Å².